The molecule has 0 aliphatic carbocycles. The molecule has 2 heterocycles. The maximum Gasteiger partial charge on any atom is 0.354 e. The number of hydrogen-bond donors (Lipinski definition) is 2. The first kappa shape index (κ1) is 13.1. The zero-order valence-corrected chi connectivity index (χ0v) is 10.9. The molecule has 1 unspecified atom stereocenters. The molecular formula is C15H12N2O4. The maximum absolute atomic E-state index is 12.3. The maximum atomic E-state index is 12.3. The topological polar surface area (TPSA) is 88.5 Å². The van der Waals surface area contributed by atoms with E-state index >= 15 is 0 Å². The Kier molecular flexibility index (Phi) is 3.27. The molecule has 0 spiro atoms. The predicted molar refractivity (Wildman–Crippen MR) is 74.5 cm³/mol. The predicted octanol–water partition coefficient (Wildman–Crippen LogP) is 1.89. The zero-order valence-electron chi connectivity index (χ0n) is 10.9. The molecule has 1 aliphatic heterocycles. The van der Waals surface area contributed by atoms with Crippen LogP contribution < -0.4 is 10.1 Å². The van der Waals surface area contributed by atoms with Gasteiger partial charge in [0.1, 0.15) is 24.1 Å². The lowest BCUT2D eigenvalue weighted by Gasteiger charge is -2.09. The fourth-order valence-corrected chi connectivity index (χ4v) is 2.22. The van der Waals surface area contributed by atoms with E-state index in [1.165, 1.54) is 12.1 Å². The normalized spacial score (nSPS) is 15.9. The van der Waals surface area contributed by atoms with Crippen molar-refractivity contribution in [3.8, 4) is 5.75 Å². The van der Waals surface area contributed by atoms with Gasteiger partial charge in [-0.1, -0.05) is 24.3 Å². The van der Waals surface area contributed by atoms with Crippen LogP contribution in [0.2, 0.25) is 0 Å². The first-order valence-corrected chi connectivity index (χ1v) is 6.38. The number of nitrogens with zero attached hydrogens (tertiary/aromatic N) is 1. The van der Waals surface area contributed by atoms with E-state index in [1.807, 2.05) is 24.3 Å². The minimum atomic E-state index is -1.14. The summed E-state index contributed by atoms with van der Waals surface area (Å²) in [5, 5.41) is 11.5. The van der Waals surface area contributed by atoms with Gasteiger partial charge in [-0.3, -0.25) is 4.79 Å². The minimum Gasteiger partial charge on any atom is -0.492 e. The van der Waals surface area contributed by atoms with Gasteiger partial charge in [-0.15, -0.1) is 0 Å². The van der Waals surface area contributed by atoms with Crippen molar-refractivity contribution in [1.82, 2.24) is 4.98 Å². The van der Waals surface area contributed by atoms with Crippen molar-refractivity contribution in [3.63, 3.8) is 0 Å². The number of rotatable bonds is 3. The van der Waals surface area contributed by atoms with Crippen LogP contribution in [0.1, 0.15) is 22.0 Å². The van der Waals surface area contributed by atoms with Gasteiger partial charge in [0.15, 0.2) is 5.69 Å². The van der Waals surface area contributed by atoms with Gasteiger partial charge in [-0.05, 0) is 18.2 Å². The number of carboxylic acid groups (broad SMARTS) is 1. The van der Waals surface area contributed by atoms with Crippen LogP contribution in [0.15, 0.2) is 42.5 Å². The Morgan fingerprint density at radius 3 is 2.81 bits per heavy atom. The summed E-state index contributed by atoms with van der Waals surface area (Å²) in [7, 11) is 0. The molecule has 0 radical (unpaired) electrons. The number of fused-ring (bicyclic) bond motifs is 1. The van der Waals surface area contributed by atoms with E-state index in [4.69, 9.17) is 9.84 Å². The number of carboxylic acids is 1. The lowest BCUT2D eigenvalue weighted by molar-refractivity contribution is -0.117. The number of benzene rings is 1. The molecule has 2 N–H and O–H groups in total. The van der Waals surface area contributed by atoms with E-state index in [2.05, 4.69) is 10.3 Å². The van der Waals surface area contributed by atoms with Crippen LogP contribution in [0.25, 0.3) is 0 Å². The van der Waals surface area contributed by atoms with Gasteiger partial charge in [0.05, 0.1) is 0 Å². The molecule has 1 atom stereocenters. The summed E-state index contributed by atoms with van der Waals surface area (Å²) in [5.41, 5.74) is 0.709. The number of pyridine rings is 1. The molecule has 1 aliphatic rings. The summed E-state index contributed by atoms with van der Waals surface area (Å²) >= 11 is 0. The second-order valence-electron chi connectivity index (χ2n) is 4.60. The average molecular weight is 284 g/mol. The number of ether oxygens (including phenoxy) is 1. The zero-order chi connectivity index (χ0) is 14.8. The minimum absolute atomic E-state index is 0.115. The van der Waals surface area contributed by atoms with Crippen molar-refractivity contribution in [3.05, 3.63) is 53.7 Å². The lowest BCUT2D eigenvalue weighted by atomic mass is 10.0. The second-order valence-corrected chi connectivity index (χ2v) is 4.60. The lowest BCUT2D eigenvalue weighted by Crippen LogP contribution is -2.23. The Hall–Kier alpha value is -2.89. The third kappa shape index (κ3) is 2.55. The summed E-state index contributed by atoms with van der Waals surface area (Å²) in [6.07, 6.45) is 0. The number of aromatic nitrogens is 1. The highest BCUT2D eigenvalue weighted by molar-refractivity contribution is 5.96. The van der Waals surface area contributed by atoms with Gasteiger partial charge in [0.2, 0.25) is 5.91 Å². The summed E-state index contributed by atoms with van der Waals surface area (Å²) in [6.45, 7) is 0.268. The summed E-state index contributed by atoms with van der Waals surface area (Å²) in [6, 6.07) is 11.8. The molecule has 6 nitrogen and oxygen atoms in total. The number of aromatic carboxylic acids is 1. The molecule has 21 heavy (non-hydrogen) atoms. The standard InChI is InChI=1S/C15H12N2O4/c18-14(10-8-21-12-6-2-1-4-9(10)12)17-13-7-3-5-11(16-13)15(19)20/h1-7,10H,8H2,(H,19,20)(H,16,17,18). The Morgan fingerprint density at radius 1 is 1.19 bits per heavy atom. The number of carbonyl (C=O) groups is 2. The molecule has 6 heteroatoms. The Labute approximate surface area is 120 Å². The van der Waals surface area contributed by atoms with E-state index in [9.17, 15) is 9.59 Å². The Morgan fingerprint density at radius 2 is 2.00 bits per heavy atom. The first-order chi connectivity index (χ1) is 10.1. The Bertz CT molecular complexity index is 714. The smallest absolute Gasteiger partial charge is 0.354 e. The molecule has 1 amide bonds. The van der Waals surface area contributed by atoms with Crippen LogP contribution in [-0.2, 0) is 4.79 Å². The molecule has 0 saturated heterocycles. The highest BCUT2D eigenvalue weighted by Crippen LogP contribution is 2.33. The number of para-hydroxylation sites is 1. The van der Waals surface area contributed by atoms with Gasteiger partial charge >= 0.3 is 5.97 Å². The summed E-state index contributed by atoms with van der Waals surface area (Å²) in [4.78, 5) is 27.0. The largest absolute Gasteiger partial charge is 0.492 e. The van der Waals surface area contributed by atoms with Crippen LogP contribution in [0.3, 0.4) is 0 Å². The van der Waals surface area contributed by atoms with Gasteiger partial charge in [-0.2, -0.15) is 0 Å². The third-order valence-electron chi connectivity index (χ3n) is 3.24. The van der Waals surface area contributed by atoms with Crippen LogP contribution in [0, 0.1) is 0 Å². The highest BCUT2D eigenvalue weighted by Gasteiger charge is 2.30. The highest BCUT2D eigenvalue weighted by atomic mass is 16.5. The number of amides is 1. The summed E-state index contributed by atoms with van der Waals surface area (Å²) in [5.74, 6) is -0.915. The fraction of sp³-hybridized carbons (Fsp3) is 0.133. The molecular weight excluding hydrogens is 272 g/mol. The van der Waals surface area contributed by atoms with E-state index in [-0.39, 0.29) is 24.0 Å². The quantitative estimate of drug-likeness (QED) is 0.898. The number of hydrogen-bond acceptors (Lipinski definition) is 4. The van der Waals surface area contributed by atoms with E-state index in [0.717, 1.165) is 5.56 Å². The number of carbonyl (C=O) groups excluding carboxylic acids is 1. The molecule has 1 aromatic carbocycles. The van der Waals surface area contributed by atoms with Crippen LogP contribution in [0.5, 0.6) is 5.75 Å². The summed E-state index contributed by atoms with van der Waals surface area (Å²) < 4.78 is 5.46. The first-order valence-electron chi connectivity index (χ1n) is 6.38. The van der Waals surface area contributed by atoms with Crippen molar-refractivity contribution in [2.45, 2.75) is 5.92 Å². The number of anilines is 1. The van der Waals surface area contributed by atoms with E-state index in [1.54, 1.807) is 6.07 Å². The van der Waals surface area contributed by atoms with Gasteiger partial charge in [0.25, 0.3) is 0 Å². The second kappa shape index (κ2) is 5.24. The van der Waals surface area contributed by atoms with E-state index in [0.29, 0.717) is 5.75 Å². The van der Waals surface area contributed by atoms with E-state index < -0.39 is 11.9 Å². The van der Waals surface area contributed by atoms with Crippen LogP contribution >= 0.6 is 0 Å². The monoisotopic (exact) mass is 284 g/mol. The van der Waals surface area contributed by atoms with Crippen LogP contribution in [0.4, 0.5) is 5.82 Å². The SMILES string of the molecule is O=C(O)c1cccc(NC(=O)C2COc3ccccc32)n1. The molecule has 0 bridgehead atoms. The third-order valence-corrected chi connectivity index (χ3v) is 3.24. The molecule has 106 valence electrons. The Balaban J connectivity index is 1.79. The number of nitrogens with one attached hydrogen (secondary N) is 1. The van der Waals surface area contributed by atoms with Gasteiger partial charge in [0, 0.05) is 5.56 Å². The molecule has 0 fully saturated rings. The van der Waals surface area contributed by atoms with Crippen molar-refractivity contribution >= 4 is 17.7 Å². The van der Waals surface area contributed by atoms with Crippen molar-refractivity contribution in [2.24, 2.45) is 0 Å². The molecule has 2 aromatic rings. The fourth-order valence-electron chi connectivity index (χ4n) is 2.22. The van der Waals surface area contributed by atoms with Gasteiger partial charge < -0.3 is 15.2 Å². The van der Waals surface area contributed by atoms with Crippen molar-refractivity contribution in [1.29, 1.82) is 0 Å². The van der Waals surface area contributed by atoms with Crippen molar-refractivity contribution < 1.29 is 19.4 Å². The molecule has 3 rings (SSSR count). The average Bonchev–Trinajstić information content (AvgIpc) is 2.91. The van der Waals surface area contributed by atoms with Crippen LogP contribution in [-0.4, -0.2) is 28.6 Å². The van der Waals surface area contributed by atoms with Gasteiger partial charge in [-0.25, -0.2) is 9.78 Å². The molecule has 1 aromatic heterocycles. The molecule has 0 saturated carbocycles. The van der Waals surface area contributed by atoms with Crippen molar-refractivity contribution in [2.75, 3.05) is 11.9 Å².